The number of para-hydroxylation sites is 2. The molecule has 1 saturated heterocycles. The van der Waals surface area contributed by atoms with Crippen LogP contribution in [-0.2, 0) is 11.3 Å². The molecule has 2 heterocycles. The molecule has 0 saturated carbocycles. The average Bonchev–Trinajstić information content (AvgIpc) is 3.24. The van der Waals surface area contributed by atoms with Crippen LogP contribution < -0.4 is 9.64 Å². The predicted octanol–water partition coefficient (Wildman–Crippen LogP) is 4.36. The molecule has 1 unspecified atom stereocenters. The Morgan fingerprint density at radius 1 is 1.24 bits per heavy atom. The number of carbonyl (C=O) groups is 1. The van der Waals surface area contributed by atoms with Crippen molar-refractivity contribution >= 4 is 11.6 Å². The van der Waals surface area contributed by atoms with Gasteiger partial charge in [-0.3, -0.25) is 4.79 Å². The van der Waals surface area contributed by atoms with Gasteiger partial charge in [-0.25, -0.2) is 4.98 Å². The molecule has 0 spiro atoms. The number of benzene rings is 2. The highest BCUT2D eigenvalue weighted by Gasteiger charge is 2.28. The molecule has 1 aliphatic rings. The molecule has 1 aromatic heterocycles. The highest BCUT2D eigenvalue weighted by atomic mass is 16.5. The highest BCUT2D eigenvalue weighted by Crippen LogP contribution is 2.36. The lowest BCUT2D eigenvalue weighted by molar-refractivity contribution is -0.123. The number of nitriles is 1. The molecule has 1 amide bonds. The molecular formula is C23H22N4O2. The van der Waals surface area contributed by atoms with Crippen molar-refractivity contribution in [1.82, 2.24) is 9.55 Å². The van der Waals surface area contributed by atoms with Gasteiger partial charge in [-0.1, -0.05) is 25.1 Å². The Morgan fingerprint density at radius 2 is 2.10 bits per heavy atom. The Balaban J connectivity index is 1.66. The van der Waals surface area contributed by atoms with Crippen LogP contribution in [0.3, 0.4) is 0 Å². The molecule has 0 aliphatic carbocycles. The summed E-state index contributed by atoms with van der Waals surface area (Å²) in [6.45, 7) is 3.27. The molecule has 4 rings (SSSR count). The molecule has 6 nitrogen and oxygen atoms in total. The largest absolute Gasteiger partial charge is 0.454 e. The molecule has 2 aromatic carbocycles. The molecule has 3 aromatic rings. The normalized spacial score (nSPS) is 16.5. The number of carbonyl (C=O) groups excluding carboxylic acids is 1. The zero-order valence-electron chi connectivity index (χ0n) is 16.3. The minimum absolute atomic E-state index is 0.00461. The van der Waals surface area contributed by atoms with Crippen molar-refractivity contribution in [3.63, 3.8) is 0 Å². The minimum Gasteiger partial charge on any atom is -0.454 e. The van der Waals surface area contributed by atoms with Crippen molar-refractivity contribution in [2.24, 2.45) is 5.92 Å². The quantitative estimate of drug-likeness (QED) is 0.653. The fraction of sp³-hybridized carbons (Fsp3) is 0.261. The molecule has 0 N–H and O–H groups in total. The zero-order valence-corrected chi connectivity index (χ0v) is 16.3. The van der Waals surface area contributed by atoms with Gasteiger partial charge in [0.15, 0.2) is 5.75 Å². The van der Waals surface area contributed by atoms with Crippen molar-refractivity contribution in [2.45, 2.75) is 26.3 Å². The van der Waals surface area contributed by atoms with Crippen LogP contribution in [0.1, 0.15) is 30.9 Å². The van der Waals surface area contributed by atoms with Gasteiger partial charge in [-0.15, -0.1) is 0 Å². The van der Waals surface area contributed by atoms with Gasteiger partial charge in [0, 0.05) is 31.4 Å². The van der Waals surface area contributed by atoms with Gasteiger partial charge in [-0.05, 0) is 42.7 Å². The first-order valence-electron chi connectivity index (χ1n) is 9.72. The first-order valence-corrected chi connectivity index (χ1v) is 9.72. The van der Waals surface area contributed by atoms with Crippen LogP contribution in [0.4, 0.5) is 5.69 Å². The van der Waals surface area contributed by atoms with Gasteiger partial charge < -0.3 is 14.2 Å². The lowest BCUT2D eigenvalue weighted by Gasteiger charge is -2.31. The molecule has 0 bridgehead atoms. The summed E-state index contributed by atoms with van der Waals surface area (Å²) in [5, 5.41) is 9.53. The molecule has 6 heteroatoms. The van der Waals surface area contributed by atoms with E-state index in [2.05, 4.69) is 11.1 Å². The SMILES string of the molecule is CC1CCCN(c2ccccc2Oc2cc(Cn3ccnc3)ccc2C#N)C1=O. The second-order valence-electron chi connectivity index (χ2n) is 7.28. The summed E-state index contributed by atoms with van der Waals surface area (Å²) >= 11 is 0. The van der Waals surface area contributed by atoms with Gasteiger partial charge in [0.05, 0.1) is 17.6 Å². The number of hydrogen-bond donors (Lipinski definition) is 0. The van der Waals surface area contributed by atoms with Crippen LogP contribution in [0.15, 0.2) is 61.2 Å². The van der Waals surface area contributed by atoms with E-state index in [0.717, 1.165) is 24.1 Å². The van der Waals surface area contributed by atoms with Gasteiger partial charge in [-0.2, -0.15) is 5.26 Å². The molecule has 1 fully saturated rings. The second-order valence-corrected chi connectivity index (χ2v) is 7.28. The van der Waals surface area contributed by atoms with E-state index in [9.17, 15) is 10.1 Å². The maximum absolute atomic E-state index is 12.7. The molecular weight excluding hydrogens is 364 g/mol. The summed E-state index contributed by atoms with van der Waals surface area (Å²) in [7, 11) is 0. The van der Waals surface area contributed by atoms with Crippen LogP contribution in [0.5, 0.6) is 11.5 Å². The topological polar surface area (TPSA) is 71.2 Å². The summed E-state index contributed by atoms with van der Waals surface area (Å²) in [4.78, 5) is 18.6. The molecule has 1 atom stereocenters. The van der Waals surface area contributed by atoms with Crippen LogP contribution in [0, 0.1) is 17.2 Å². The summed E-state index contributed by atoms with van der Waals surface area (Å²) in [5.41, 5.74) is 2.19. The van der Waals surface area contributed by atoms with Crippen molar-refractivity contribution < 1.29 is 9.53 Å². The van der Waals surface area contributed by atoms with E-state index >= 15 is 0 Å². The highest BCUT2D eigenvalue weighted by molar-refractivity contribution is 5.97. The van der Waals surface area contributed by atoms with Crippen molar-refractivity contribution in [3.8, 4) is 17.6 Å². The lowest BCUT2D eigenvalue weighted by Crippen LogP contribution is -2.40. The van der Waals surface area contributed by atoms with E-state index < -0.39 is 0 Å². The van der Waals surface area contributed by atoms with Crippen LogP contribution >= 0.6 is 0 Å². The Bertz CT molecular complexity index is 1050. The minimum atomic E-state index is 0.00461. The first-order chi connectivity index (χ1) is 14.2. The Morgan fingerprint density at radius 3 is 2.90 bits per heavy atom. The van der Waals surface area contributed by atoms with Gasteiger partial charge in [0.2, 0.25) is 5.91 Å². The molecule has 0 radical (unpaired) electrons. The summed E-state index contributed by atoms with van der Waals surface area (Å²) in [6, 6.07) is 15.2. The number of aromatic nitrogens is 2. The number of ether oxygens (including phenoxy) is 1. The van der Waals surface area contributed by atoms with Gasteiger partial charge in [0.25, 0.3) is 0 Å². The van der Waals surface area contributed by atoms with E-state index in [4.69, 9.17) is 4.74 Å². The maximum Gasteiger partial charge on any atom is 0.229 e. The smallest absolute Gasteiger partial charge is 0.229 e. The standard InChI is InChI=1S/C23H22N4O2/c1-17-5-4-11-27(23(17)28)20-6-2-3-7-21(20)29-22-13-18(8-9-19(22)14-24)15-26-12-10-25-16-26/h2-3,6-10,12-13,16-17H,4-5,11,15H2,1H3. The lowest BCUT2D eigenvalue weighted by atomic mass is 9.98. The number of anilines is 1. The Hall–Kier alpha value is -3.59. The fourth-order valence-electron chi connectivity index (χ4n) is 3.61. The van der Waals surface area contributed by atoms with Crippen LogP contribution in [0.25, 0.3) is 0 Å². The summed E-state index contributed by atoms with van der Waals surface area (Å²) in [5.74, 6) is 1.17. The number of amides is 1. The van der Waals surface area contributed by atoms with Crippen LogP contribution in [-0.4, -0.2) is 22.0 Å². The van der Waals surface area contributed by atoms with Crippen LogP contribution in [0.2, 0.25) is 0 Å². The van der Waals surface area contributed by atoms with Crippen molar-refractivity contribution in [2.75, 3.05) is 11.4 Å². The third kappa shape index (κ3) is 3.99. The third-order valence-corrected chi connectivity index (χ3v) is 5.17. The average molecular weight is 386 g/mol. The fourth-order valence-corrected chi connectivity index (χ4v) is 3.61. The molecule has 1 aliphatic heterocycles. The first kappa shape index (κ1) is 18.8. The molecule has 29 heavy (non-hydrogen) atoms. The number of piperidine rings is 1. The van der Waals surface area contributed by atoms with Crippen molar-refractivity contribution in [1.29, 1.82) is 5.26 Å². The predicted molar refractivity (Wildman–Crippen MR) is 110 cm³/mol. The summed E-state index contributed by atoms with van der Waals surface area (Å²) < 4.78 is 8.14. The van der Waals surface area contributed by atoms with E-state index in [-0.39, 0.29) is 11.8 Å². The number of imidazole rings is 1. The van der Waals surface area contributed by atoms with E-state index in [1.807, 2.05) is 54.1 Å². The van der Waals surface area contributed by atoms with E-state index in [0.29, 0.717) is 30.2 Å². The maximum atomic E-state index is 12.7. The van der Waals surface area contributed by atoms with Gasteiger partial charge in [0.1, 0.15) is 11.8 Å². The second kappa shape index (κ2) is 8.19. The third-order valence-electron chi connectivity index (χ3n) is 5.17. The number of nitrogens with zero attached hydrogens (tertiary/aromatic N) is 4. The summed E-state index contributed by atoms with van der Waals surface area (Å²) in [6.07, 6.45) is 7.24. The monoisotopic (exact) mass is 386 g/mol. The van der Waals surface area contributed by atoms with Crippen molar-refractivity contribution in [3.05, 3.63) is 72.3 Å². The Labute approximate surface area is 170 Å². The number of rotatable bonds is 5. The zero-order chi connectivity index (χ0) is 20.2. The number of hydrogen-bond acceptors (Lipinski definition) is 4. The Kier molecular flexibility index (Phi) is 5.30. The van der Waals surface area contributed by atoms with Gasteiger partial charge >= 0.3 is 0 Å². The molecule has 146 valence electrons. The van der Waals surface area contributed by atoms with E-state index in [1.165, 1.54) is 0 Å². The van der Waals surface area contributed by atoms with E-state index in [1.54, 1.807) is 23.5 Å².